The maximum absolute atomic E-state index is 12.0. The van der Waals surface area contributed by atoms with Gasteiger partial charge in [0.25, 0.3) is 5.56 Å². The molecule has 2 rings (SSSR count). The van der Waals surface area contributed by atoms with Crippen molar-refractivity contribution in [1.82, 2.24) is 9.13 Å². The highest BCUT2D eigenvalue weighted by atomic mass is 16.2. The summed E-state index contributed by atoms with van der Waals surface area (Å²) in [6.45, 7) is 0.155. The van der Waals surface area contributed by atoms with Crippen LogP contribution in [0.2, 0.25) is 0 Å². The summed E-state index contributed by atoms with van der Waals surface area (Å²) >= 11 is 0. The monoisotopic (exact) mass is 256 g/mol. The molecular formula is C13H12N4O2. The van der Waals surface area contributed by atoms with Gasteiger partial charge in [0.05, 0.1) is 18.2 Å². The predicted molar refractivity (Wildman–Crippen MR) is 70.6 cm³/mol. The summed E-state index contributed by atoms with van der Waals surface area (Å²) in [5.74, 6) is 0.0841. The number of nitrogens with zero attached hydrogens (tertiary/aromatic N) is 3. The third kappa shape index (κ3) is 2.26. The number of rotatable bonds is 2. The van der Waals surface area contributed by atoms with E-state index in [4.69, 9.17) is 11.0 Å². The summed E-state index contributed by atoms with van der Waals surface area (Å²) < 4.78 is 2.24. The van der Waals surface area contributed by atoms with E-state index in [1.54, 1.807) is 24.3 Å². The first-order valence-corrected chi connectivity index (χ1v) is 5.59. The second-order valence-electron chi connectivity index (χ2n) is 4.10. The molecule has 6 nitrogen and oxygen atoms in total. The molecule has 0 atom stereocenters. The second kappa shape index (κ2) is 4.82. The Balaban J connectivity index is 2.57. The van der Waals surface area contributed by atoms with Crippen LogP contribution in [0.4, 0.5) is 5.82 Å². The molecule has 0 aliphatic heterocycles. The summed E-state index contributed by atoms with van der Waals surface area (Å²) in [4.78, 5) is 23.4. The Kier molecular flexibility index (Phi) is 3.21. The summed E-state index contributed by atoms with van der Waals surface area (Å²) in [5.41, 5.74) is 5.90. The van der Waals surface area contributed by atoms with Crippen molar-refractivity contribution in [3.63, 3.8) is 0 Å². The molecule has 0 spiro atoms. The molecule has 0 aliphatic carbocycles. The van der Waals surface area contributed by atoms with Gasteiger partial charge in [0, 0.05) is 13.1 Å². The van der Waals surface area contributed by atoms with Gasteiger partial charge in [-0.15, -0.1) is 0 Å². The number of hydrogen-bond acceptors (Lipinski definition) is 4. The first-order chi connectivity index (χ1) is 9.04. The molecule has 0 aliphatic rings. The van der Waals surface area contributed by atoms with Gasteiger partial charge in [-0.3, -0.25) is 13.9 Å². The molecule has 6 heteroatoms. The number of anilines is 1. The smallest absolute Gasteiger partial charge is 0.332 e. The van der Waals surface area contributed by atoms with Gasteiger partial charge in [-0.05, 0) is 11.6 Å². The number of hydrogen-bond donors (Lipinski definition) is 1. The van der Waals surface area contributed by atoms with Crippen molar-refractivity contribution in [1.29, 1.82) is 5.26 Å². The third-order valence-electron chi connectivity index (χ3n) is 2.90. The van der Waals surface area contributed by atoms with E-state index in [2.05, 4.69) is 6.07 Å². The average molecular weight is 256 g/mol. The molecular weight excluding hydrogens is 244 g/mol. The Morgan fingerprint density at radius 1 is 1.32 bits per heavy atom. The largest absolute Gasteiger partial charge is 0.385 e. The second-order valence-corrected chi connectivity index (χ2v) is 4.10. The number of benzene rings is 1. The Bertz CT molecular complexity index is 780. The molecule has 1 aromatic heterocycles. The highest BCUT2D eigenvalue weighted by Crippen LogP contribution is 2.09. The molecule has 0 bridgehead atoms. The molecule has 0 fully saturated rings. The standard InChI is InChI=1S/C13H12N4O2/c1-16-12(18)6-11(15)17(13(16)19)8-10-5-3-2-4-9(10)7-14/h2-6H,8,15H2,1H3. The van der Waals surface area contributed by atoms with E-state index in [-0.39, 0.29) is 12.4 Å². The fraction of sp³-hybridized carbons (Fsp3) is 0.154. The van der Waals surface area contributed by atoms with E-state index in [1.807, 2.05) is 0 Å². The molecule has 96 valence electrons. The summed E-state index contributed by atoms with van der Waals surface area (Å²) in [5, 5.41) is 9.01. The van der Waals surface area contributed by atoms with Crippen molar-refractivity contribution >= 4 is 5.82 Å². The minimum atomic E-state index is -0.502. The van der Waals surface area contributed by atoms with Crippen molar-refractivity contribution in [2.45, 2.75) is 6.54 Å². The summed E-state index contributed by atoms with van der Waals surface area (Å²) in [6.07, 6.45) is 0. The first kappa shape index (κ1) is 12.6. The van der Waals surface area contributed by atoms with Gasteiger partial charge in [0.1, 0.15) is 5.82 Å². The van der Waals surface area contributed by atoms with Crippen LogP contribution in [-0.2, 0) is 13.6 Å². The van der Waals surface area contributed by atoms with Crippen LogP contribution in [0.3, 0.4) is 0 Å². The van der Waals surface area contributed by atoms with Gasteiger partial charge in [-0.1, -0.05) is 18.2 Å². The molecule has 0 unspecified atom stereocenters. The Morgan fingerprint density at radius 2 is 2.00 bits per heavy atom. The van der Waals surface area contributed by atoms with E-state index in [1.165, 1.54) is 17.7 Å². The van der Waals surface area contributed by atoms with Crippen molar-refractivity contribution in [3.8, 4) is 6.07 Å². The van der Waals surface area contributed by atoms with Crippen LogP contribution in [0.25, 0.3) is 0 Å². The van der Waals surface area contributed by atoms with E-state index in [0.29, 0.717) is 11.1 Å². The number of aromatic nitrogens is 2. The Hall–Kier alpha value is -2.81. The summed E-state index contributed by atoms with van der Waals surface area (Å²) in [6, 6.07) is 10.2. The predicted octanol–water partition coefficient (Wildman–Crippen LogP) is 0.0492. The SMILES string of the molecule is Cn1c(=O)cc(N)n(Cc2ccccc2C#N)c1=O. The van der Waals surface area contributed by atoms with Crippen LogP contribution >= 0.6 is 0 Å². The highest BCUT2D eigenvalue weighted by molar-refractivity contribution is 5.38. The first-order valence-electron chi connectivity index (χ1n) is 5.59. The molecule has 0 amide bonds. The van der Waals surface area contributed by atoms with Crippen LogP contribution in [0, 0.1) is 11.3 Å². The molecule has 19 heavy (non-hydrogen) atoms. The lowest BCUT2D eigenvalue weighted by molar-refractivity contribution is 0.654. The number of nitrogens with two attached hydrogens (primary N) is 1. The van der Waals surface area contributed by atoms with Crippen molar-refractivity contribution < 1.29 is 0 Å². The van der Waals surface area contributed by atoms with Crippen LogP contribution < -0.4 is 17.0 Å². The van der Waals surface area contributed by atoms with Crippen LogP contribution in [0.5, 0.6) is 0 Å². The lowest BCUT2D eigenvalue weighted by atomic mass is 10.1. The molecule has 2 N–H and O–H groups in total. The molecule has 1 heterocycles. The fourth-order valence-corrected chi connectivity index (χ4v) is 1.78. The molecule has 1 aromatic carbocycles. The number of nitrogen functional groups attached to an aromatic ring is 1. The molecule has 2 aromatic rings. The van der Waals surface area contributed by atoms with Crippen LogP contribution in [0.1, 0.15) is 11.1 Å². The maximum Gasteiger partial charge on any atom is 0.332 e. The van der Waals surface area contributed by atoms with E-state index < -0.39 is 11.2 Å². The highest BCUT2D eigenvalue weighted by Gasteiger charge is 2.09. The number of nitriles is 1. The van der Waals surface area contributed by atoms with Crippen LogP contribution in [0.15, 0.2) is 39.9 Å². The maximum atomic E-state index is 12.0. The summed E-state index contributed by atoms with van der Waals surface area (Å²) in [7, 11) is 1.39. The minimum Gasteiger partial charge on any atom is -0.385 e. The van der Waals surface area contributed by atoms with Gasteiger partial charge < -0.3 is 5.73 Å². The van der Waals surface area contributed by atoms with Gasteiger partial charge in [-0.2, -0.15) is 5.26 Å². The van der Waals surface area contributed by atoms with Crippen molar-refractivity contribution in [2.75, 3.05) is 5.73 Å². The Labute approximate surface area is 108 Å². The zero-order chi connectivity index (χ0) is 14.0. The lowest BCUT2D eigenvalue weighted by Gasteiger charge is -2.11. The van der Waals surface area contributed by atoms with E-state index in [0.717, 1.165) is 4.57 Å². The minimum absolute atomic E-state index is 0.0841. The van der Waals surface area contributed by atoms with Crippen molar-refractivity contribution in [2.24, 2.45) is 7.05 Å². The third-order valence-corrected chi connectivity index (χ3v) is 2.90. The average Bonchev–Trinajstić information content (AvgIpc) is 2.41. The van der Waals surface area contributed by atoms with Gasteiger partial charge in [0.15, 0.2) is 0 Å². The molecule has 0 radical (unpaired) electrons. The van der Waals surface area contributed by atoms with Crippen LogP contribution in [-0.4, -0.2) is 9.13 Å². The molecule has 0 saturated heterocycles. The van der Waals surface area contributed by atoms with Gasteiger partial charge in [0.2, 0.25) is 0 Å². The fourth-order valence-electron chi connectivity index (χ4n) is 1.78. The molecule has 0 saturated carbocycles. The lowest BCUT2D eigenvalue weighted by Crippen LogP contribution is -2.38. The van der Waals surface area contributed by atoms with Gasteiger partial charge in [-0.25, -0.2) is 4.79 Å². The van der Waals surface area contributed by atoms with E-state index in [9.17, 15) is 9.59 Å². The van der Waals surface area contributed by atoms with Crippen molar-refractivity contribution in [3.05, 3.63) is 62.3 Å². The van der Waals surface area contributed by atoms with Gasteiger partial charge >= 0.3 is 5.69 Å². The zero-order valence-corrected chi connectivity index (χ0v) is 10.3. The Morgan fingerprint density at radius 3 is 2.68 bits per heavy atom. The normalized spacial score (nSPS) is 10.1. The van der Waals surface area contributed by atoms with E-state index >= 15 is 0 Å². The quantitative estimate of drug-likeness (QED) is 0.821. The topological polar surface area (TPSA) is 93.8 Å². The zero-order valence-electron chi connectivity index (χ0n) is 10.3.